The molecule has 0 aliphatic carbocycles. The van der Waals surface area contributed by atoms with Crippen molar-refractivity contribution in [3.05, 3.63) is 53.6 Å². The number of amides is 1. The molecule has 138 valence electrons. The topological polar surface area (TPSA) is 63.9 Å². The lowest BCUT2D eigenvalue weighted by molar-refractivity contribution is -0.119. The number of fused-ring (bicyclic) bond motifs is 1. The van der Waals surface area contributed by atoms with E-state index in [4.69, 9.17) is 11.6 Å². The van der Waals surface area contributed by atoms with Gasteiger partial charge in [0.25, 0.3) is 5.91 Å². The second-order valence-electron chi connectivity index (χ2n) is 6.35. The quantitative estimate of drug-likeness (QED) is 0.668. The number of halogens is 1. The van der Waals surface area contributed by atoms with Gasteiger partial charge in [0.1, 0.15) is 6.54 Å². The van der Waals surface area contributed by atoms with Crippen molar-refractivity contribution in [2.45, 2.75) is 30.0 Å². The minimum Gasteiger partial charge on any atom is -0.310 e. The number of carbonyl (C=O) groups excluding carboxylic acids is 1. The van der Waals surface area contributed by atoms with Crippen LogP contribution >= 0.6 is 23.4 Å². The van der Waals surface area contributed by atoms with E-state index < -0.39 is 0 Å². The molecule has 0 saturated heterocycles. The Morgan fingerprint density at radius 3 is 2.85 bits per heavy atom. The van der Waals surface area contributed by atoms with E-state index in [2.05, 4.69) is 28.4 Å². The molecule has 0 radical (unpaired) electrons. The predicted octanol–water partition coefficient (Wildman–Crippen LogP) is 3.91. The minimum atomic E-state index is -0.0553. The smallest absolute Gasteiger partial charge is 0.250 e. The van der Waals surface area contributed by atoms with E-state index in [1.54, 1.807) is 17.8 Å². The molecule has 1 unspecified atom stereocenters. The number of para-hydroxylation sites is 1. The number of rotatable bonds is 3. The highest BCUT2D eigenvalue weighted by molar-refractivity contribution is 8.00. The molecular formula is C19H18ClN5OS. The van der Waals surface area contributed by atoms with Gasteiger partial charge in [0, 0.05) is 22.3 Å². The molecule has 2 aromatic carbocycles. The number of tetrazole rings is 1. The third-order valence-corrected chi connectivity index (χ3v) is 5.96. The second kappa shape index (κ2) is 7.70. The van der Waals surface area contributed by atoms with Gasteiger partial charge < -0.3 is 4.90 Å². The average molecular weight is 400 g/mol. The lowest BCUT2D eigenvalue weighted by Gasteiger charge is -2.22. The summed E-state index contributed by atoms with van der Waals surface area (Å²) in [6.45, 7) is 2.89. The van der Waals surface area contributed by atoms with Crippen molar-refractivity contribution >= 4 is 35.0 Å². The molecule has 1 amide bonds. The molecule has 1 aromatic heterocycles. The van der Waals surface area contributed by atoms with Gasteiger partial charge in [-0.05, 0) is 35.9 Å². The highest BCUT2D eigenvalue weighted by Gasteiger charge is 2.25. The zero-order chi connectivity index (χ0) is 18.8. The van der Waals surface area contributed by atoms with Crippen LogP contribution < -0.4 is 4.90 Å². The molecule has 3 aromatic rings. The number of nitrogens with zero attached hydrogens (tertiary/aromatic N) is 5. The zero-order valence-electron chi connectivity index (χ0n) is 14.7. The first-order valence-electron chi connectivity index (χ1n) is 8.70. The van der Waals surface area contributed by atoms with Gasteiger partial charge in [0.2, 0.25) is 5.82 Å². The summed E-state index contributed by atoms with van der Waals surface area (Å²) < 4.78 is 0. The van der Waals surface area contributed by atoms with E-state index in [0.29, 0.717) is 28.2 Å². The normalized spacial score (nSPS) is 16.7. The maximum absolute atomic E-state index is 13.0. The van der Waals surface area contributed by atoms with Crippen molar-refractivity contribution in [2.24, 2.45) is 0 Å². The van der Waals surface area contributed by atoms with Crippen molar-refractivity contribution in [3.8, 4) is 11.4 Å². The number of anilines is 1. The van der Waals surface area contributed by atoms with Crippen LogP contribution in [-0.2, 0) is 11.3 Å². The van der Waals surface area contributed by atoms with Crippen molar-refractivity contribution in [3.63, 3.8) is 0 Å². The molecule has 27 heavy (non-hydrogen) atoms. The summed E-state index contributed by atoms with van der Waals surface area (Å²) in [5, 5.41) is 13.4. The summed E-state index contributed by atoms with van der Waals surface area (Å²) in [5.41, 5.74) is 1.64. The van der Waals surface area contributed by atoms with Crippen LogP contribution in [0.2, 0.25) is 5.02 Å². The minimum absolute atomic E-state index is 0.0326. The monoisotopic (exact) mass is 399 g/mol. The van der Waals surface area contributed by atoms with Gasteiger partial charge in [-0.1, -0.05) is 42.8 Å². The first-order chi connectivity index (χ1) is 13.1. The lowest BCUT2D eigenvalue weighted by atomic mass is 10.2. The van der Waals surface area contributed by atoms with Crippen LogP contribution in [0.15, 0.2) is 53.4 Å². The zero-order valence-corrected chi connectivity index (χ0v) is 16.3. The van der Waals surface area contributed by atoms with Crippen LogP contribution in [0.1, 0.15) is 13.3 Å². The summed E-state index contributed by atoms with van der Waals surface area (Å²) >= 11 is 7.99. The molecule has 8 heteroatoms. The Morgan fingerprint density at radius 2 is 2.00 bits per heavy atom. The van der Waals surface area contributed by atoms with Gasteiger partial charge >= 0.3 is 0 Å². The van der Waals surface area contributed by atoms with Crippen LogP contribution in [0.25, 0.3) is 11.4 Å². The van der Waals surface area contributed by atoms with Gasteiger partial charge in [-0.15, -0.1) is 22.0 Å². The number of hydrogen-bond acceptors (Lipinski definition) is 5. The van der Waals surface area contributed by atoms with Crippen molar-refractivity contribution in [2.75, 3.05) is 11.4 Å². The summed E-state index contributed by atoms with van der Waals surface area (Å²) in [6.07, 6.45) is 0.931. The Morgan fingerprint density at radius 1 is 1.22 bits per heavy atom. The summed E-state index contributed by atoms with van der Waals surface area (Å²) in [4.78, 5) is 17.2. The SMILES string of the molecule is CC1CCN(C(=O)Cn2nnc(-c3ccccc3Cl)n2)c2ccccc2S1. The lowest BCUT2D eigenvalue weighted by Crippen LogP contribution is -2.35. The van der Waals surface area contributed by atoms with Crippen molar-refractivity contribution in [1.82, 2.24) is 20.2 Å². The fourth-order valence-electron chi connectivity index (χ4n) is 3.01. The third-order valence-electron chi connectivity index (χ3n) is 4.39. The maximum atomic E-state index is 13.0. The van der Waals surface area contributed by atoms with Crippen molar-refractivity contribution in [1.29, 1.82) is 0 Å². The summed E-state index contributed by atoms with van der Waals surface area (Å²) in [6, 6.07) is 15.3. The Bertz CT molecular complexity index is 976. The molecule has 1 aliphatic rings. The van der Waals surface area contributed by atoms with Crippen LogP contribution in [0, 0.1) is 0 Å². The second-order valence-corrected chi connectivity index (χ2v) is 8.24. The molecule has 6 nitrogen and oxygen atoms in total. The first-order valence-corrected chi connectivity index (χ1v) is 9.96. The predicted molar refractivity (Wildman–Crippen MR) is 107 cm³/mol. The van der Waals surface area contributed by atoms with E-state index in [9.17, 15) is 4.79 Å². The van der Waals surface area contributed by atoms with Gasteiger partial charge in [-0.3, -0.25) is 4.79 Å². The Hall–Kier alpha value is -2.38. The van der Waals surface area contributed by atoms with E-state index >= 15 is 0 Å². The molecule has 4 rings (SSSR count). The molecule has 1 aliphatic heterocycles. The van der Waals surface area contributed by atoms with Gasteiger partial charge in [-0.2, -0.15) is 4.80 Å². The van der Waals surface area contributed by atoms with Crippen molar-refractivity contribution < 1.29 is 4.79 Å². The fourth-order valence-corrected chi connectivity index (χ4v) is 4.35. The molecule has 0 bridgehead atoms. The van der Waals surface area contributed by atoms with Crippen LogP contribution in [0.3, 0.4) is 0 Å². The van der Waals surface area contributed by atoms with Gasteiger partial charge in [0.15, 0.2) is 0 Å². The van der Waals surface area contributed by atoms with Gasteiger partial charge in [-0.25, -0.2) is 0 Å². The fraction of sp³-hybridized carbons (Fsp3) is 0.263. The van der Waals surface area contributed by atoms with E-state index in [0.717, 1.165) is 17.0 Å². The van der Waals surface area contributed by atoms with E-state index in [1.807, 2.05) is 41.3 Å². The molecule has 2 heterocycles. The van der Waals surface area contributed by atoms with Crippen LogP contribution in [-0.4, -0.2) is 37.9 Å². The Balaban J connectivity index is 1.56. The van der Waals surface area contributed by atoms with Crippen LogP contribution in [0.5, 0.6) is 0 Å². The Labute approximate surface area is 166 Å². The van der Waals surface area contributed by atoms with Crippen LogP contribution in [0.4, 0.5) is 5.69 Å². The summed E-state index contributed by atoms with van der Waals surface area (Å²) in [7, 11) is 0. The molecule has 0 fully saturated rings. The van der Waals surface area contributed by atoms with E-state index in [-0.39, 0.29) is 12.5 Å². The number of hydrogen-bond donors (Lipinski definition) is 0. The van der Waals surface area contributed by atoms with Gasteiger partial charge in [0.05, 0.1) is 10.7 Å². The molecule has 0 N–H and O–H groups in total. The number of benzene rings is 2. The standard InChI is InChI=1S/C19H18ClN5OS/c1-13-10-11-24(16-8-4-5-9-17(16)27-13)18(26)12-25-22-19(21-23-25)14-6-2-3-7-15(14)20/h2-9,13H,10-12H2,1H3. The highest BCUT2D eigenvalue weighted by atomic mass is 35.5. The number of carbonyl (C=O) groups is 1. The largest absolute Gasteiger partial charge is 0.310 e. The molecule has 0 saturated carbocycles. The maximum Gasteiger partial charge on any atom is 0.250 e. The number of aromatic nitrogens is 4. The van der Waals surface area contributed by atoms with E-state index in [1.165, 1.54) is 4.80 Å². The molecular weight excluding hydrogens is 382 g/mol. The number of thioether (sulfide) groups is 1. The third kappa shape index (κ3) is 3.84. The molecule has 1 atom stereocenters. The summed E-state index contributed by atoms with van der Waals surface area (Å²) in [5.74, 6) is 0.356. The first kappa shape index (κ1) is 18.0. The molecule has 0 spiro atoms. The average Bonchev–Trinajstić information content (AvgIpc) is 3.04. The highest BCUT2D eigenvalue weighted by Crippen LogP contribution is 2.37. The Kier molecular flexibility index (Phi) is 5.13.